The standard InChI is InChI=1S/C37H46FN7O3/c1-24(2)33(34(39)46)41-29-12-14-30(15-13-29)45-36(47)32-21-28(38)22-40-35(32)44(37(45)48)31-7-4-6-27(20-31)26-10-8-25(9-11-26)23-43-17-5-16-42(3)18-19-43/h4,6-11,20-22,24,29-30,33,41H,5,12-19,23H2,1-3H3,(H2,39,46)/t29-,30+,33-/m1/s1. The average Bonchev–Trinajstić information content (AvgIpc) is 3.28. The summed E-state index contributed by atoms with van der Waals surface area (Å²) in [6.45, 7) is 9.13. The number of nitrogens with zero attached hydrogens (tertiary/aromatic N) is 5. The third-order valence-electron chi connectivity index (χ3n) is 9.95. The molecule has 254 valence electrons. The topological polar surface area (TPSA) is 118 Å². The molecule has 4 aromatic rings. The smallest absolute Gasteiger partial charge is 0.337 e. The first-order valence-electron chi connectivity index (χ1n) is 17.1. The summed E-state index contributed by atoms with van der Waals surface area (Å²) in [4.78, 5) is 49.1. The van der Waals surface area contributed by atoms with E-state index < -0.39 is 29.0 Å². The van der Waals surface area contributed by atoms with Gasteiger partial charge in [-0.05, 0) is 93.0 Å². The Labute approximate surface area is 280 Å². The first-order chi connectivity index (χ1) is 23.1. The molecule has 6 rings (SSSR count). The molecule has 3 N–H and O–H groups in total. The lowest BCUT2D eigenvalue weighted by Gasteiger charge is -2.33. The van der Waals surface area contributed by atoms with Crippen LogP contribution in [0.1, 0.15) is 57.6 Å². The van der Waals surface area contributed by atoms with Gasteiger partial charge >= 0.3 is 5.69 Å². The number of fused-ring (bicyclic) bond motifs is 1. The van der Waals surface area contributed by atoms with E-state index in [2.05, 4.69) is 51.4 Å². The molecule has 1 aliphatic heterocycles. The molecule has 0 radical (unpaired) electrons. The fraction of sp³-hybridized carbons (Fsp3) is 0.459. The Balaban J connectivity index is 1.29. The van der Waals surface area contributed by atoms with Crippen LogP contribution < -0.4 is 22.3 Å². The predicted octanol–water partition coefficient (Wildman–Crippen LogP) is 4.07. The molecule has 1 saturated carbocycles. The first-order valence-corrected chi connectivity index (χ1v) is 17.1. The summed E-state index contributed by atoms with van der Waals surface area (Å²) in [5, 5.41) is 3.42. The van der Waals surface area contributed by atoms with E-state index >= 15 is 0 Å². The third-order valence-corrected chi connectivity index (χ3v) is 9.95. The van der Waals surface area contributed by atoms with Crippen LogP contribution in [0.4, 0.5) is 4.39 Å². The molecule has 2 aromatic heterocycles. The van der Waals surface area contributed by atoms with Gasteiger partial charge in [0.05, 0.1) is 23.3 Å². The summed E-state index contributed by atoms with van der Waals surface area (Å²) in [7, 11) is 2.17. The highest BCUT2D eigenvalue weighted by atomic mass is 19.1. The number of nitrogens with one attached hydrogen (secondary N) is 1. The van der Waals surface area contributed by atoms with Crippen molar-refractivity contribution < 1.29 is 9.18 Å². The molecule has 0 unspecified atom stereocenters. The van der Waals surface area contributed by atoms with Crippen molar-refractivity contribution in [3.8, 4) is 16.8 Å². The van der Waals surface area contributed by atoms with E-state index in [1.807, 2.05) is 38.1 Å². The summed E-state index contributed by atoms with van der Waals surface area (Å²) < 4.78 is 17.2. The molecular formula is C37H46FN7O3. The van der Waals surface area contributed by atoms with Crippen molar-refractivity contribution in [2.75, 3.05) is 33.2 Å². The highest BCUT2D eigenvalue weighted by Crippen LogP contribution is 2.29. The van der Waals surface area contributed by atoms with Crippen LogP contribution in [0.3, 0.4) is 0 Å². The van der Waals surface area contributed by atoms with E-state index in [1.165, 1.54) is 21.1 Å². The fourth-order valence-electron chi connectivity index (χ4n) is 7.24. The number of pyridine rings is 1. The van der Waals surface area contributed by atoms with Crippen LogP contribution in [0.5, 0.6) is 0 Å². The van der Waals surface area contributed by atoms with E-state index in [9.17, 15) is 18.8 Å². The molecular weight excluding hydrogens is 609 g/mol. The molecule has 3 heterocycles. The van der Waals surface area contributed by atoms with Crippen molar-refractivity contribution in [2.45, 2.75) is 70.6 Å². The number of primary amides is 1. The zero-order valence-electron chi connectivity index (χ0n) is 28.1. The van der Waals surface area contributed by atoms with Gasteiger partial charge in [-0.3, -0.25) is 19.1 Å². The largest absolute Gasteiger partial charge is 0.368 e. The number of carbonyl (C=O) groups excluding carboxylic acids is 1. The van der Waals surface area contributed by atoms with Gasteiger partial charge in [0.25, 0.3) is 5.56 Å². The quantitative estimate of drug-likeness (QED) is 0.279. The molecule has 0 spiro atoms. The van der Waals surface area contributed by atoms with Gasteiger partial charge in [-0.15, -0.1) is 0 Å². The second-order valence-corrected chi connectivity index (χ2v) is 13.8. The van der Waals surface area contributed by atoms with Crippen LogP contribution in [0.15, 0.2) is 70.4 Å². The Morgan fingerprint density at radius 1 is 0.979 bits per heavy atom. The van der Waals surface area contributed by atoms with Crippen LogP contribution >= 0.6 is 0 Å². The summed E-state index contributed by atoms with van der Waals surface area (Å²) >= 11 is 0. The van der Waals surface area contributed by atoms with E-state index in [0.29, 0.717) is 31.4 Å². The number of likely N-dealkylation sites (N-methyl/N-ethyl adjacent to an activating group) is 1. The molecule has 1 aliphatic carbocycles. The highest BCUT2D eigenvalue weighted by molar-refractivity contribution is 5.80. The molecule has 10 nitrogen and oxygen atoms in total. The second-order valence-electron chi connectivity index (χ2n) is 13.8. The molecule has 1 saturated heterocycles. The number of nitrogens with two attached hydrogens (primary N) is 1. The number of amides is 1. The Bertz CT molecular complexity index is 1880. The minimum atomic E-state index is -0.642. The number of rotatable bonds is 9. The third kappa shape index (κ3) is 7.28. The Morgan fingerprint density at radius 3 is 2.44 bits per heavy atom. The minimum Gasteiger partial charge on any atom is -0.368 e. The van der Waals surface area contributed by atoms with E-state index in [0.717, 1.165) is 56.1 Å². The molecule has 2 fully saturated rings. The van der Waals surface area contributed by atoms with Crippen LogP contribution in [-0.2, 0) is 11.3 Å². The fourth-order valence-corrected chi connectivity index (χ4v) is 7.24. The number of aromatic nitrogens is 3. The molecule has 11 heteroatoms. The SMILES string of the molecule is CC(C)[C@@H](N[C@H]1CC[C@@H](n2c(=O)c3cc(F)cnc3n(-c3cccc(-c4ccc(CN5CCCN(C)CC5)cc4)c3)c2=O)CC1)C(N)=O. The minimum absolute atomic E-state index is 0.0350. The van der Waals surface area contributed by atoms with E-state index in [4.69, 9.17) is 5.73 Å². The zero-order valence-corrected chi connectivity index (χ0v) is 28.1. The Hall–Kier alpha value is -4.19. The average molecular weight is 656 g/mol. The lowest BCUT2D eigenvalue weighted by atomic mass is 9.89. The monoisotopic (exact) mass is 655 g/mol. The van der Waals surface area contributed by atoms with Crippen LogP contribution in [0, 0.1) is 11.7 Å². The van der Waals surface area contributed by atoms with Crippen molar-refractivity contribution in [1.29, 1.82) is 0 Å². The molecule has 2 aliphatic rings. The molecule has 48 heavy (non-hydrogen) atoms. The van der Waals surface area contributed by atoms with Gasteiger partial charge in [0.1, 0.15) is 5.82 Å². The van der Waals surface area contributed by atoms with Gasteiger partial charge in [-0.25, -0.2) is 18.7 Å². The van der Waals surface area contributed by atoms with Crippen molar-refractivity contribution in [3.05, 3.63) is 93.0 Å². The number of hydrogen-bond acceptors (Lipinski definition) is 7. The highest BCUT2D eigenvalue weighted by Gasteiger charge is 2.30. The summed E-state index contributed by atoms with van der Waals surface area (Å²) in [6, 6.07) is 16.5. The maximum Gasteiger partial charge on any atom is 0.337 e. The van der Waals surface area contributed by atoms with E-state index in [-0.39, 0.29) is 29.0 Å². The van der Waals surface area contributed by atoms with Gasteiger partial charge in [0.15, 0.2) is 5.65 Å². The summed E-state index contributed by atoms with van der Waals surface area (Å²) in [5.41, 5.74) is 8.40. The van der Waals surface area contributed by atoms with Crippen LogP contribution in [-0.4, -0.2) is 75.1 Å². The Morgan fingerprint density at radius 2 is 1.73 bits per heavy atom. The first kappa shape index (κ1) is 33.7. The lowest BCUT2D eigenvalue weighted by molar-refractivity contribution is -0.121. The van der Waals surface area contributed by atoms with Crippen LogP contribution in [0.2, 0.25) is 0 Å². The number of carbonyl (C=O) groups is 1. The summed E-state index contributed by atoms with van der Waals surface area (Å²) in [5.74, 6) is -0.996. The molecule has 1 atom stereocenters. The predicted molar refractivity (Wildman–Crippen MR) is 187 cm³/mol. The van der Waals surface area contributed by atoms with E-state index in [1.54, 1.807) is 0 Å². The van der Waals surface area contributed by atoms with Crippen molar-refractivity contribution in [2.24, 2.45) is 11.7 Å². The van der Waals surface area contributed by atoms with Crippen molar-refractivity contribution >= 4 is 16.9 Å². The van der Waals surface area contributed by atoms with Crippen molar-refractivity contribution in [3.63, 3.8) is 0 Å². The number of hydrogen-bond donors (Lipinski definition) is 2. The lowest BCUT2D eigenvalue weighted by Crippen LogP contribution is -2.51. The Kier molecular flexibility index (Phi) is 10.2. The van der Waals surface area contributed by atoms with Gasteiger partial charge in [-0.1, -0.05) is 50.2 Å². The van der Waals surface area contributed by atoms with Crippen molar-refractivity contribution in [1.82, 2.24) is 29.2 Å². The molecule has 1 amide bonds. The molecule has 2 aromatic carbocycles. The second kappa shape index (κ2) is 14.5. The maximum atomic E-state index is 14.5. The van der Waals surface area contributed by atoms with Gasteiger partial charge in [-0.2, -0.15) is 0 Å². The number of benzene rings is 2. The van der Waals surface area contributed by atoms with Crippen LogP contribution in [0.25, 0.3) is 27.8 Å². The maximum absolute atomic E-state index is 14.5. The normalized spacial score (nSPS) is 20.2. The molecule has 0 bridgehead atoms. The van der Waals surface area contributed by atoms with Gasteiger partial charge < -0.3 is 16.0 Å². The van der Waals surface area contributed by atoms with Gasteiger partial charge in [0, 0.05) is 31.7 Å². The van der Waals surface area contributed by atoms with Gasteiger partial charge in [0.2, 0.25) is 5.91 Å². The summed E-state index contributed by atoms with van der Waals surface area (Å²) in [6.07, 6.45) is 4.61. The zero-order chi connectivity index (χ0) is 33.9. The number of halogens is 1.